The van der Waals surface area contributed by atoms with Crippen molar-refractivity contribution in [2.24, 2.45) is 0 Å². The third kappa shape index (κ3) is 2.97. The van der Waals surface area contributed by atoms with Crippen molar-refractivity contribution in [2.45, 2.75) is 32.9 Å². The highest BCUT2D eigenvalue weighted by Gasteiger charge is 2.42. The summed E-state index contributed by atoms with van der Waals surface area (Å²) in [5.74, 6) is -0.252. The molecule has 2 aromatic rings. The van der Waals surface area contributed by atoms with Crippen molar-refractivity contribution in [2.75, 3.05) is 11.9 Å². The van der Waals surface area contributed by atoms with Crippen molar-refractivity contribution in [1.29, 1.82) is 0 Å². The van der Waals surface area contributed by atoms with Gasteiger partial charge < -0.3 is 0 Å². The lowest BCUT2D eigenvalue weighted by Crippen LogP contribution is -2.40. The maximum Gasteiger partial charge on any atom is 0.251 e. The van der Waals surface area contributed by atoms with Crippen LogP contribution in [0, 0.1) is 13.8 Å². The largest absolute Gasteiger partial charge is 0.290 e. The fourth-order valence-corrected chi connectivity index (χ4v) is 3.34. The molecule has 4 heteroatoms. The lowest BCUT2D eigenvalue weighted by Gasteiger charge is -2.24. The molecule has 0 N–H and O–H groups in total. The Morgan fingerprint density at radius 2 is 1.62 bits per heavy atom. The summed E-state index contributed by atoms with van der Waals surface area (Å²) in [6.45, 7) is 4.51. The van der Waals surface area contributed by atoms with Crippen LogP contribution >= 0.6 is 0 Å². The van der Waals surface area contributed by atoms with Gasteiger partial charge in [0.15, 0.2) is 0 Å². The van der Waals surface area contributed by atoms with Crippen molar-refractivity contribution in [3.8, 4) is 0 Å². The third-order valence-corrected chi connectivity index (χ3v) is 4.59. The summed E-state index contributed by atoms with van der Waals surface area (Å²) in [6.07, 6.45) is 0.232. The molecular weight excluding hydrogens is 300 g/mol. The number of nitrogens with zero attached hydrogens (tertiary/aromatic N) is 2. The lowest BCUT2D eigenvalue weighted by molar-refractivity contribution is -0.122. The van der Waals surface area contributed by atoms with Gasteiger partial charge in [0.2, 0.25) is 5.91 Å². The fourth-order valence-electron chi connectivity index (χ4n) is 3.34. The molecule has 0 bridgehead atoms. The van der Waals surface area contributed by atoms with Gasteiger partial charge in [0.25, 0.3) is 5.91 Å². The van der Waals surface area contributed by atoms with E-state index in [1.54, 1.807) is 0 Å². The zero-order valence-corrected chi connectivity index (χ0v) is 14.3. The Balaban J connectivity index is 1.84. The second kappa shape index (κ2) is 6.57. The highest BCUT2D eigenvalue weighted by Crippen LogP contribution is 2.31. The summed E-state index contributed by atoms with van der Waals surface area (Å²) in [5.41, 5.74) is 3.76. The minimum absolute atomic E-state index is 0.123. The fraction of sp³-hybridized carbons (Fsp3) is 0.300. The lowest BCUT2D eigenvalue weighted by atomic mass is 10.1. The van der Waals surface area contributed by atoms with E-state index in [4.69, 9.17) is 0 Å². The monoisotopic (exact) mass is 322 g/mol. The maximum absolute atomic E-state index is 12.9. The van der Waals surface area contributed by atoms with Crippen LogP contribution in [0.1, 0.15) is 23.1 Å². The maximum atomic E-state index is 12.9. The van der Waals surface area contributed by atoms with Crippen molar-refractivity contribution >= 4 is 17.5 Å². The predicted molar refractivity (Wildman–Crippen MR) is 94.7 cm³/mol. The first-order chi connectivity index (χ1) is 11.5. The molecule has 1 heterocycles. The van der Waals surface area contributed by atoms with E-state index in [9.17, 15) is 9.59 Å². The van der Waals surface area contributed by atoms with Crippen LogP contribution in [0.3, 0.4) is 0 Å². The SMILES string of the molecule is Cc1cccc(C)c1N1C(=O)C[C@H](N(C)Cc2ccccc2)C1=O. The Morgan fingerprint density at radius 1 is 1.00 bits per heavy atom. The van der Waals surface area contributed by atoms with Crippen LogP contribution in [0.5, 0.6) is 0 Å². The summed E-state index contributed by atoms with van der Waals surface area (Å²) >= 11 is 0. The Kier molecular flexibility index (Phi) is 4.49. The van der Waals surface area contributed by atoms with E-state index in [0.29, 0.717) is 6.54 Å². The highest BCUT2D eigenvalue weighted by molar-refractivity contribution is 6.23. The van der Waals surface area contributed by atoms with E-state index in [-0.39, 0.29) is 18.2 Å². The first kappa shape index (κ1) is 16.4. The minimum Gasteiger partial charge on any atom is -0.290 e. The van der Waals surface area contributed by atoms with Gasteiger partial charge in [0.05, 0.1) is 18.2 Å². The number of hydrogen-bond acceptors (Lipinski definition) is 3. The zero-order chi connectivity index (χ0) is 17.3. The predicted octanol–water partition coefficient (Wildman–Crippen LogP) is 3.07. The first-order valence-electron chi connectivity index (χ1n) is 8.16. The number of likely N-dealkylation sites (N-methyl/N-ethyl adjacent to an activating group) is 1. The molecule has 2 aromatic carbocycles. The van der Waals surface area contributed by atoms with E-state index >= 15 is 0 Å². The Bertz CT molecular complexity index is 750. The molecule has 2 amide bonds. The number of carbonyl (C=O) groups is 2. The first-order valence-corrected chi connectivity index (χ1v) is 8.16. The van der Waals surface area contributed by atoms with Crippen molar-refractivity contribution in [3.63, 3.8) is 0 Å². The summed E-state index contributed by atoms with van der Waals surface area (Å²) in [6, 6.07) is 15.4. The summed E-state index contributed by atoms with van der Waals surface area (Å²) < 4.78 is 0. The molecule has 1 aliphatic heterocycles. The van der Waals surface area contributed by atoms with Gasteiger partial charge in [-0.3, -0.25) is 14.5 Å². The Hall–Kier alpha value is -2.46. The van der Waals surface area contributed by atoms with E-state index in [1.165, 1.54) is 4.90 Å². The van der Waals surface area contributed by atoms with Crippen LogP contribution in [-0.2, 0) is 16.1 Å². The molecule has 0 unspecified atom stereocenters. The van der Waals surface area contributed by atoms with Gasteiger partial charge in [-0.25, -0.2) is 4.90 Å². The summed E-state index contributed by atoms with van der Waals surface area (Å²) in [4.78, 5) is 28.8. The number of imide groups is 1. The molecule has 0 saturated carbocycles. The van der Waals surface area contributed by atoms with Crippen LogP contribution in [0.25, 0.3) is 0 Å². The van der Waals surface area contributed by atoms with Crippen LogP contribution < -0.4 is 4.90 Å². The minimum atomic E-state index is -0.406. The van der Waals surface area contributed by atoms with Gasteiger partial charge in [-0.2, -0.15) is 0 Å². The van der Waals surface area contributed by atoms with Crippen LogP contribution in [0.4, 0.5) is 5.69 Å². The molecule has 24 heavy (non-hydrogen) atoms. The molecule has 1 atom stereocenters. The molecule has 0 radical (unpaired) electrons. The number of carbonyl (C=O) groups excluding carboxylic acids is 2. The molecule has 4 nitrogen and oxygen atoms in total. The van der Waals surface area contributed by atoms with Crippen LogP contribution in [0.15, 0.2) is 48.5 Å². The highest BCUT2D eigenvalue weighted by atomic mass is 16.2. The molecule has 0 spiro atoms. The summed E-state index contributed by atoms with van der Waals surface area (Å²) in [5, 5.41) is 0. The quantitative estimate of drug-likeness (QED) is 0.812. The molecule has 1 saturated heterocycles. The number of rotatable bonds is 4. The second-order valence-corrected chi connectivity index (χ2v) is 6.43. The summed E-state index contributed by atoms with van der Waals surface area (Å²) in [7, 11) is 1.90. The molecule has 1 fully saturated rings. The van der Waals surface area contributed by atoms with E-state index in [1.807, 2.05) is 74.3 Å². The van der Waals surface area contributed by atoms with Crippen molar-refractivity contribution in [1.82, 2.24) is 4.90 Å². The van der Waals surface area contributed by atoms with Gasteiger partial charge in [0.1, 0.15) is 0 Å². The second-order valence-electron chi connectivity index (χ2n) is 6.43. The number of para-hydroxylation sites is 1. The van der Waals surface area contributed by atoms with E-state index in [0.717, 1.165) is 22.4 Å². The average molecular weight is 322 g/mol. The third-order valence-electron chi connectivity index (χ3n) is 4.59. The van der Waals surface area contributed by atoms with Crippen LogP contribution in [-0.4, -0.2) is 29.8 Å². The topological polar surface area (TPSA) is 40.6 Å². The molecule has 124 valence electrons. The standard InChI is InChI=1S/C20H22N2O2/c1-14-8-7-9-15(2)19(14)22-18(23)12-17(20(22)24)21(3)13-16-10-5-4-6-11-16/h4-11,17H,12-13H2,1-3H3/t17-/m0/s1. The van der Waals surface area contributed by atoms with E-state index < -0.39 is 6.04 Å². The van der Waals surface area contributed by atoms with Gasteiger partial charge in [-0.05, 0) is 37.6 Å². The molecular formula is C20H22N2O2. The van der Waals surface area contributed by atoms with Gasteiger partial charge in [-0.15, -0.1) is 0 Å². The van der Waals surface area contributed by atoms with E-state index in [2.05, 4.69) is 0 Å². The number of anilines is 1. The molecule has 1 aliphatic rings. The number of aryl methyl sites for hydroxylation is 2. The van der Waals surface area contributed by atoms with Crippen molar-refractivity contribution < 1.29 is 9.59 Å². The van der Waals surface area contributed by atoms with Gasteiger partial charge in [0, 0.05) is 6.54 Å². The molecule has 3 rings (SSSR count). The smallest absolute Gasteiger partial charge is 0.251 e. The molecule has 0 aromatic heterocycles. The van der Waals surface area contributed by atoms with Crippen molar-refractivity contribution in [3.05, 3.63) is 65.2 Å². The average Bonchev–Trinajstić information content (AvgIpc) is 2.84. The molecule has 0 aliphatic carbocycles. The van der Waals surface area contributed by atoms with Crippen LogP contribution in [0.2, 0.25) is 0 Å². The Labute approximate surface area is 142 Å². The normalized spacial score (nSPS) is 17.8. The zero-order valence-electron chi connectivity index (χ0n) is 14.3. The Morgan fingerprint density at radius 3 is 2.25 bits per heavy atom. The number of hydrogen-bond donors (Lipinski definition) is 0. The van der Waals surface area contributed by atoms with Gasteiger partial charge >= 0.3 is 0 Å². The number of amides is 2. The number of benzene rings is 2. The van der Waals surface area contributed by atoms with Gasteiger partial charge in [-0.1, -0.05) is 48.5 Å².